The summed E-state index contributed by atoms with van der Waals surface area (Å²) in [4.78, 5) is 37.4. The Bertz CT molecular complexity index is 1070. The summed E-state index contributed by atoms with van der Waals surface area (Å²) in [5.41, 5.74) is 3.26. The Labute approximate surface area is 204 Å². The normalized spacial score (nSPS) is 13.7. The molecular weight excluding hydrogens is 452 g/mol. The summed E-state index contributed by atoms with van der Waals surface area (Å²) in [6, 6.07) is 9.94. The molecule has 0 radical (unpaired) electrons. The molecule has 2 aromatic rings. The third-order valence-corrected chi connectivity index (χ3v) is 5.63. The number of benzene rings is 2. The van der Waals surface area contributed by atoms with Crippen molar-refractivity contribution in [2.24, 2.45) is 5.10 Å². The van der Waals surface area contributed by atoms with E-state index >= 15 is 0 Å². The predicted octanol–water partition coefficient (Wildman–Crippen LogP) is 2.86. The number of hydrogen-bond acceptors (Lipinski definition) is 7. The average Bonchev–Trinajstić information content (AvgIpc) is 2.88. The highest BCUT2D eigenvalue weighted by Crippen LogP contribution is 2.37. The lowest BCUT2D eigenvalue weighted by Gasteiger charge is -2.23. The van der Waals surface area contributed by atoms with Crippen molar-refractivity contribution in [1.82, 2.24) is 10.7 Å². The van der Waals surface area contributed by atoms with Gasteiger partial charge in [-0.25, -0.2) is 5.43 Å². The Balaban J connectivity index is 1.63. The number of anilines is 1. The van der Waals surface area contributed by atoms with Crippen molar-refractivity contribution in [3.05, 3.63) is 47.5 Å². The summed E-state index contributed by atoms with van der Waals surface area (Å²) in [6.45, 7) is 0. The monoisotopic (exact) mass is 482 g/mol. The highest BCUT2D eigenvalue weighted by atomic mass is 16.5. The van der Waals surface area contributed by atoms with Gasteiger partial charge in [-0.05, 0) is 37.1 Å². The zero-order valence-electron chi connectivity index (χ0n) is 20.1. The molecule has 0 aliphatic heterocycles. The molecule has 1 saturated carbocycles. The van der Waals surface area contributed by atoms with Crippen molar-refractivity contribution in [3.8, 4) is 17.2 Å². The van der Waals surface area contributed by atoms with Gasteiger partial charge in [0.1, 0.15) is 0 Å². The second-order valence-corrected chi connectivity index (χ2v) is 7.97. The van der Waals surface area contributed by atoms with Crippen molar-refractivity contribution in [2.45, 2.75) is 38.1 Å². The zero-order chi connectivity index (χ0) is 25.2. The fourth-order valence-corrected chi connectivity index (χ4v) is 3.87. The SMILES string of the molecule is COc1cc(C=NNC(=O)C(=O)Nc2ccccc2C(=O)NC2CCCCC2)cc(OC)c1OC. The second-order valence-electron chi connectivity index (χ2n) is 7.97. The lowest BCUT2D eigenvalue weighted by atomic mass is 9.95. The Morgan fingerprint density at radius 2 is 1.57 bits per heavy atom. The van der Waals surface area contributed by atoms with Gasteiger partial charge in [0.2, 0.25) is 5.75 Å². The second kappa shape index (κ2) is 12.4. The van der Waals surface area contributed by atoms with E-state index in [1.54, 1.807) is 36.4 Å². The van der Waals surface area contributed by atoms with Crippen LogP contribution in [-0.2, 0) is 9.59 Å². The van der Waals surface area contributed by atoms with E-state index in [4.69, 9.17) is 14.2 Å². The molecule has 0 bridgehead atoms. The first-order chi connectivity index (χ1) is 17.0. The minimum Gasteiger partial charge on any atom is -0.493 e. The van der Waals surface area contributed by atoms with Gasteiger partial charge in [-0.15, -0.1) is 0 Å². The maximum Gasteiger partial charge on any atom is 0.329 e. The minimum atomic E-state index is -0.990. The van der Waals surface area contributed by atoms with Gasteiger partial charge >= 0.3 is 11.8 Å². The molecule has 3 rings (SSSR count). The molecule has 0 aromatic heterocycles. The topological polar surface area (TPSA) is 127 Å². The van der Waals surface area contributed by atoms with Gasteiger partial charge in [-0.1, -0.05) is 31.4 Å². The van der Waals surface area contributed by atoms with Crippen LogP contribution >= 0.6 is 0 Å². The minimum absolute atomic E-state index is 0.118. The van der Waals surface area contributed by atoms with Gasteiger partial charge in [0.15, 0.2) is 11.5 Å². The zero-order valence-corrected chi connectivity index (χ0v) is 20.1. The molecular formula is C25H30N4O6. The van der Waals surface area contributed by atoms with Crippen LogP contribution in [-0.4, -0.2) is 51.3 Å². The summed E-state index contributed by atoms with van der Waals surface area (Å²) in [5.74, 6) is -0.975. The molecule has 0 atom stereocenters. The molecule has 0 saturated heterocycles. The van der Waals surface area contributed by atoms with Gasteiger partial charge in [-0.2, -0.15) is 5.10 Å². The van der Waals surface area contributed by atoms with E-state index in [-0.39, 0.29) is 17.6 Å². The fraction of sp³-hybridized carbons (Fsp3) is 0.360. The van der Waals surface area contributed by atoms with E-state index < -0.39 is 11.8 Å². The average molecular weight is 483 g/mol. The van der Waals surface area contributed by atoms with Crippen molar-refractivity contribution in [1.29, 1.82) is 0 Å². The first-order valence-corrected chi connectivity index (χ1v) is 11.3. The summed E-state index contributed by atoms with van der Waals surface area (Å²) < 4.78 is 15.8. The van der Waals surface area contributed by atoms with Crippen LogP contribution < -0.4 is 30.3 Å². The van der Waals surface area contributed by atoms with Gasteiger partial charge in [0.05, 0.1) is 38.8 Å². The summed E-state index contributed by atoms with van der Waals surface area (Å²) in [6.07, 6.45) is 6.55. The van der Waals surface area contributed by atoms with E-state index in [9.17, 15) is 14.4 Å². The van der Waals surface area contributed by atoms with Gasteiger partial charge < -0.3 is 24.8 Å². The van der Waals surface area contributed by atoms with E-state index in [1.165, 1.54) is 34.0 Å². The van der Waals surface area contributed by atoms with E-state index in [1.807, 2.05) is 0 Å². The summed E-state index contributed by atoms with van der Waals surface area (Å²) in [7, 11) is 4.46. The molecule has 1 aliphatic carbocycles. The molecule has 0 heterocycles. The van der Waals surface area contributed by atoms with Crippen LogP contribution in [0.25, 0.3) is 0 Å². The number of carbonyl (C=O) groups excluding carboxylic acids is 3. The molecule has 3 amide bonds. The first-order valence-electron chi connectivity index (χ1n) is 11.3. The number of rotatable bonds is 8. The first kappa shape index (κ1) is 25.5. The lowest BCUT2D eigenvalue weighted by Crippen LogP contribution is -2.37. The number of ether oxygens (including phenoxy) is 3. The lowest BCUT2D eigenvalue weighted by molar-refractivity contribution is -0.136. The summed E-state index contributed by atoms with van der Waals surface area (Å²) in [5, 5.41) is 9.33. The van der Waals surface area contributed by atoms with Crippen LogP contribution in [0.2, 0.25) is 0 Å². The Hall–Kier alpha value is -4.08. The van der Waals surface area contributed by atoms with Crippen LogP contribution in [0.15, 0.2) is 41.5 Å². The molecule has 10 heteroatoms. The third kappa shape index (κ3) is 6.72. The van der Waals surface area contributed by atoms with Crippen LogP contribution in [0.5, 0.6) is 17.2 Å². The molecule has 0 spiro atoms. The van der Waals surface area contributed by atoms with Crippen molar-refractivity contribution >= 4 is 29.6 Å². The van der Waals surface area contributed by atoms with Gasteiger partial charge in [-0.3, -0.25) is 14.4 Å². The number of hydrogen-bond donors (Lipinski definition) is 3. The van der Waals surface area contributed by atoms with Crippen molar-refractivity contribution < 1.29 is 28.6 Å². The standard InChI is InChI=1S/C25H30N4O6/c1-33-20-13-16(14-21(34-2)22(20)35-3)15-26-29-25(32)24(31)28-19-12-8-7-11-18(19)23(30)27-17-9-5-4-6-10-17/h7-8,11-15,17H,4-6,9-10H2,1-3H3,(H,27,30)(H,28,31)(H,29,32). The Morgan fingerprint density at radius 3 is 2.20 bits per heavy atom. The number of nitrogens with zero attached hydrogens (tertiary/aromatic N) is 1. The number of nitrogens with one attached hydrogen (secondary N) is 3. The summed E-state index contributed by atoms with van der Waals surface area (Å²) >= 11 is 0. The molecule has 3 N–H and O–H groups in total. The smallest absolute Gasteiger partial charge is 0.329 e. The Morgan fingerprint density at radius 1 is 0.914 bits per heavy atom. The van der Waals surface area contributed by atoms with Gasteiger partial charge in [0, 0.05) is 11.6 Å². The Kier molecular flexibility index (Phi) is 9.05. The third-order valence-electron chi connectivity index (χ3n) is 5.63. The number of amides is 3. The quantitative estimate of drug-likeness (QED) is 0.302. The van der Waals surface area contributed by atoms with Crippen LogP contribution in [0.1, 0.15) is 48.0 Å². The molecule has 0 unspecified atom stereocenters. The van der Waals surface area contributed by atoms with E-state index in [0.29, 0.717) is 28.4 Å². The largest absolute Gasteiger partial charge is 0.493 e. The number of para-hydroxylation sites is 1. The fourth-order valence-electron chi connectivity index (χ4n) is 3.87. The van der Waals surface area contributed by atoms with Crippen molar-refractivity contribution in [3.63, 3.8) is 0 Å². The number of carbonyl (C=O) groups is 3. The van der Waals surface area contributed by atoms with Gasteiger partial charge in [0.25, 0.3) is 5.91 Å². The maximum absolute atomic E-state index is 12.7. The highest BCUT2D eigenvalue weighted by Gasteiger charge is 2.21. The molecule has 1 aliphatic rings. The van der Waals surface area contributed by atoms with Crippen LogP contribution in [0, 0.1) is 0 Å². The van der Waals surface area contributed by atoms with Crippen LogP contribution in [0.4, 0.5) is 5.69 Å². The molecule has 2 aromatic carbocycles. The number of hydrazone groups is 1. The molecule has 10 nitrogen and oxygen atoms in total. The number of methoxy groups -OCH3 is 3. The maximum atomic E-state index is 12.7. The molecule has 35 heavy (non-hydrogen) atoms. The molecule has 186 valence electrons. The van der Waals surface area contributed by atoms with Crippen molar-refractivity contribution in [2.75, 3.05) is 26.6 Å². The highest BCUT2D eigenvalue weighted by molar-refractivity contribution is 6.40. The predicted molar refractivity (Wildman–Crippen MR) is 131 cm³/mol. The van der Waals surface area contributed by atoms with Crippen LogP contribution in [0.3, 0.4) is 0 Å². The molecule has 1 fully saturated rings. The van der Waals surface area contributed by atoms with E-state index in [2.05, 4.69) is 21.2 Å². The van der Waals surface area contributed by atoms with E-state index in [0.717, 1.165) is 25.7 Å².